The predicted octanol–water partition coefficient (Wildman–Crippen LogP) is 1.76. The fraction of sp³-hybridized carbons (Fsp3) is 0.643. The van der Waals surface area contributed by atoms with E-state index in [4.69, 9.17) is 5.73 Å². The van der Waals surface area contributed by atoms with Crippen molar-refractivity contribution < 1.29 is 9.90 Å². The van der Waals surface area contributed by atoms with E-state index in [2.05, 4.69) is 11.8 Å². The van der Waals surface area contributed by atoms with Crippen LogP contribution in [0.1, 0.15) is 37.2 Å². The van der Waals surface area contributed by atoms with Crippen molar-refractivity contribution in [3.8, 4) is 0 Å². The molecule has 0 aliphatic carbocycles. The van der Waals surface area contributed by atoms with Gasteiger partial charge in [0.1, 0.15) is 6.10 Å². The van der Waals surface area contributed by atoms with Crippen LogP contribution >= 0.6 is 11.3 Å². The van der Waals surface area contributed by atoms with Gasteiger partial charge in [-0.3, -0.25) is 9.69 Å². The molecule has 1 saturated heterocycles. The van der Waals surface area contributed by atoms with Crippen molar-refractivity contribution in [1.29, 1.82) is 0 Å². The standard InChI is InChI=1S/C14H22N2O2S/c1-2-11(13(17)12-4-3-9-19-12)16-7-5-10(6-8-16)14(15)18/h3-4,9-11,13,17H,2,5-8H2,1H3,(H2,15,18). The number of piperidine rings is 1. The van der Waals surface area contributed by atoms with Gasteiger partial charge in [-0.15, -0.1) is 11.3 Å². The van der Waals surface area contributed by atoms with Gasteiger partial charge in [0, 0.05) is 16.8 Å². The summed E-state index contributed by atoms with van der Waals surface area (Å²) in [6, 6.07) is 4.08. The lowest BCUT2D eigenvalue weighted by Gasteiger charge is -2.38. The molecule has 2 rings (SSSR count). The summed E-state index contributed by atoms with van der Waals surface area (Å²) < 4.78 is 0. The van der Waals surface area contributed by atoms with E-state index in [1.807, 2.05) is 17.5 Å². The van der Waals surface area contributed by atoms with Crippen LogP contribution in [0.2, 0.25) is 0 Å². The lowest BCUT2D eigenvalue weighted by atomic mass is 9.93. The SMILES string of the molecule is CCC(C(O)c1cccs1)N1CCC(C(N)=O)CC1. The van der Waals surface area contributed by atoms with Gasteiger partial charge in [-0.1, -0.05) is 13.0 Å². The summed E-state index contributed by atoms with van der Waals surface area (Å²) in [7, 11) is 0. The zero-order valence-corrected chi connectivity index (χ0v) is 12.1. The molecule has 1 aliphatic heterocycles. The number of amides is 1. The van der Waals surface area contributed by atoms with Gasteiger partial charge in [0.15, 0.2) is 0 Å². The average molecular weight is 282 g/mol. The van der Waals surface area contributed by atoms with E-state index < -0.39 is 6.10 Å². The minimum Gasteiger partial charge on any atom is -0.386 e. The molecule has 0 bridgehead atoms. The second-order valence-corrected chi connectivity index (χ2v) is 6.13. The summed E-state index contributed by atoms with van der Waals surface area (Å²) in [5, 5.41) is 12.5. The number of thiophene rings is 1. The third-order valence-electron chi connectivity index (χ3n) is 4.02. The highest BCUT2D eigenvalue weighted by atomic mass is 32.1. The van der Waals surface area contributed by atoms with E-state index in [9.17, 15) is 9.90 Å². The number of aliphatic hydroxyl groups excluding tert-OH is 1. The number of carbonyl (C=O) groups excluding carboxylic acids is 1. The van der Waals surface area contributed by atoms with E-state index >= 15 is 0 Å². The molecule has 0 spiro atoms. The van der Waals surface area contributed by atoms with Crippen molar-refractivity contribution in [1.82, 2.24) is 4.90 Å². The molecule has 2 atom stereocenters. The van der Waals surface area contributed by atoms with Crippen LogP contribution in [-0.2, 0) is 4.79 Å². The first-order chi connectivity index (χ1) is 9.13. The van der Waals surface area contributed by atoms with E-state index in [-0.39, 0.29) is 17.9 Å². The Morgan fingerprint density at radius 2 is 2.26 bits per heavy atom. The Bertz CT molecular complexity index is 400. The molecule has 19 heavy (non-hydrogen) atoms. The number of nitrogens with zero attached hydrogens (tertiary/aromatic N) is 1. The molecule has 2 unspecified atom stereocenters. The third kappa shape index (κ3) is 3.35. The molecule has 0 aromatic carbocycles. The summed E-state index contributed by atoms with van der Waals surface area (Å²) in [5.41, 5.74) is 5.35. The molecule has 3 N–H and O–H groups in total. The lowest BCUT2D eigenvalue weighted by molar-refractivity contribution is -0.123. The van der Waals surface area contributed by atoms with Crippen molar-refractivity contribution in [2.75, 3.05) is 13.1 Å². The number of aliphatic hydroxyl groups is 1. The number of likely N-dealkylation sites (tertiary alicyclic amines) is 1. The minimum absolute atomic E-state index is 0.00707. The molecule has 4 nitrogen and oxygen atoms in total. The summed E-state index contributed by atoms with van der Waals surface area (Å²) >= 11 is 1.59. The molecule has 1 aliphatic rings. The van der Waals surface area contributed by atoms with Crippen molar-refractivity contribution in [2.24, 2.45) is 11.7 Å². The van der Waals surface area contributed by atoms with Crippen LogP contribution in [-0.4, -0.2) is 35.0 Å². The fourth-order valence-electron chi connectivity index (χ4n) is 2.85. The Hall–Kier alpha value is -0.910. The van der Waals surface area contributed by atoms with E-state index in [1.165, 1.54) is 0 Å². The second kappa shape index (κ2) is 6.50. The van der Waals surface area contributed by atoms with Gasteiger partial charge in [-0.25, -0.2) is 0 Å². The number of rotatable bonds is 5. The molecule has 106 valence electrons. The number of primary amides is 1. The van der Waals surface area contributed by atoms with Crippen LogP contribution in [0.15, 0.2) is 17.5 Å². The maximum atomic E-state index is 11.2. The second-order valence-electron chi connectivity index (χ2n) is 5.15. The van der Waals surface area contributed by atoms with Crippen molar-refractivity contribution >= 4 is 17.2 Å². The topological polar surface area (TPSA) is 66.6 Å². The quantitative estimate of drug-likeness (QED) is 0.865. The fourth-order valence-corrected chi connectivity index (χ4v) is 3.61. The van der Waals surface area contributed by atoms with Crippen LogP contribution < -0.4 is 5.73 Å². The molecular weight excluding hydrogens is 260 g/mol. The van der Waals surface area contributed by atoms with E-state index in [0.29, 0.717) is 0 Å². The van der Waals surface area contributed by atoms with Gasteiger partial charge in [-0.2, -0.15) is 0 Å². The van der Waals surface area contributed by atoms with Gasteiger partial charge in [-0.05, 0) is 43.8 Å². The van der Waals surface area contributed by atoms with Crippen LogP contribution in [0, 0.1) is 5.92 Å². The zero-order valence-electron chi connectivity index (χ0n) is 11.3. The van der Waals surface area contributed by atoms with E-state index in [1.54, 1.807) is 11.3 Å². The van der Waals surface area contributed by atoms with E-state index in [0.717, 1.165) is 37.2 Å². The molecular formula is C14H22N2O2S. The van der Waals surface area contributed by atoms with Gasteiger partial charge in [0.2, 0.25) is 5.91 Å². The number of nitrogens with two attached hydrogens (primary N) is 1. The zero-order chi connectivity index (χ0) is 13.8. The monoisotopic (exact) mass is 282 g/mol. The Morgan fingerprint density at radius 3 is 2.74 bits per heavy atom. The lowest BCUT2D eigenvalue weighted by Crippen LogP contribution is -2.46. The maximum Gasteiger partial charge on any atom is 0.220 e. The van der Waals surface area contributed by atoms with Crippen LogP contribution in [0.25, 0.3) is 0 Å². The summed E-state index contributed by atoms with van der Waals surface area (Å²) in [6.07, 6.45) is 2.09. The smallest absolute Gasteiger partial charge is 0.220 e. The van der Waals surface area contributed by atoms with Crippen LogP contribution in [0.3, 0.4) is 0 Å². The molecule has 1 aromatic heterocycles. The largest absolute Gasteiger partial charge is 0.386 e. The first kappa shape index (κ1) is 14.5. The summed E-state index contributed by atoms with van der Waals surface area (Å²) in [4.78, 5) is 14.5. The third-order valence-corrected chi connectivity index (χ3v) is 4.96. The Morgan fingerprint density at radius 1 is 1.58 bits per heavy atom. The Balaban J connectivity index is 1.97. The van der Waals surface area contributed by atoms with Crippen molar-refractivity contribution in [3.05, 3.63) is 22.4 Å². The molecule has 1 amide bonds. The Labute approximate surface area is 118 Å². The average Bonchev–Trinajstić information content (AvgIpc) is 2.94. The van der Waals surface area contributed by atoms with Crippen molar-refractivity contribution in [2.45, 2.75) is 38.3 Å². The molecule has 1 aromatic rings. The molecule has 5 heteroatoms. The molecule has 2 heterocycles. The highest BCUT2D eigenvalue weighted by molar-refractivity contribution is 7.10. The van der Waals surface area contributed by atoms with Crippen LogP contribution in [0.5, 0.6) is 0 Å². The first-order valence-corrected chi connectivity index (χ1v) is 7.76. The van der Waals surface area contributed by atoms with Crippen LogP contribution in [0.4, 0.5) is 0 Å². The minimum atomic E-state index is -0.435. The van der Waals surface area contributed by atoms with Gasteiger partial charge in [0.25, 0.3) is 0 Å². The van der Waals surface area contributed by atoms with Gasteiger partial charge in [0.05, 0.1) is 0 Å². The maximum absolute atomic E-state index is 11.2. The first-order valence-electron chi connectivity index (χ1n) is 6.88. The highest BCUT2D eigenvalue weighted by Crippen LogP contribution is 2.29. The summed E-state index contributed by atoms with van der Waals surface area (Å²) in [5.74, 6) is -0.181. The van der Waals surface area contributed by atoms with Crippen molar-refractivity contribution in [3.63, 3.8) is 0 Å². The van der Waals surface area contributed by atoms with Gasteiger partial charge >= 0.3 is 0 Å². The predicted molar refractivity (Wildman–Crippen MR) is 76.8 cm³/mol. The molecule has 1 fully saturated rings. The van der Waals surface area contributed by atoms with Gasteiger partial charge < -0.3 is 10.8 Å². The molecule has 0 radical (unpaired) electrons. The summed E-state index contributed by atoms with van der Waals surface area (Å²) in [6.45, 7) is 3.78. The number of hydrogen-bond donors (Lipinski definition) is 2. The Kier molecular flexibility index (Phi) is 4.96. The molecule has 0 saturated carbocycles. The normalized spacial score (nSPS) is 21.2. The number of hydrogen-bond acceptors (Lipinski definition) is 4. The highest BCUT2D eigenvalue weighted by Gasteiger charge is 2.31. The number of carbonyl (C=O) groups is 1.